The van der Waals surface area contributed by atoms with Gasteiger partial charge in [0.25, 0.3) is 0 Å². The Hall–Kier alpha value is -0.570. The van der Waals surface area contributed by atoms with Gasteiger partial charge in [0.05, 0.1) is 6.04 Å². The van der Waals surface area contributed by atoms with Gasteiger partial charge >= 0.3 is 0 Å². The number of carbonyl (C=O) groups is 1. The van der Waals surface area contributed by atoms with Gasteiger partial charge in [-0.1, -0.05) is 33.1 Å². The molecular formula is C13H26N2O. The zero-order chi connectivity index (χ0) is 12.0. The van der Waals surface area contributed by atoms with Crippen molar-refractivity contribution in [2.24, 2.45) is 5.73 Å². The number of nitrogens with zero attached hydrogens (tertiary/aromatic N) is 1. The predicted octanol–water partition coefficient (Wildman–Crippen LogP) is 2.29. The molecule has 1 unspecified atom stereocenters. The average molecular weight is 226 g/mol. The minimum Gasteiger partial charge on any atom is -0.338 e. The highest BCUT2D eigenvalue weighted by Crippen LogP contribution is 2.27. The lowest BCUT2D eigenvalue weighted by Crippen LogP contribution is -2.45. The number of rotatable bonds is 8. The summed E-state index contributed by atoms with van der Waals surface area (Å²) in [4.78, 5) is 14.2. The molecule has 1 aliphatic carbocycles. The molecule has 1 amide bonds. The van der Waals surface area contributed by atoms with Crippen molar-refractivity contribution in [1.29, 1.82) is 0 Å². The summed E-state index contributed by atoms with van der Waals surface area (Å²) in [6.45, 7) is 5.19. The SMILES string of the molecule is CCCCC(N)C(=O)N(CCCC)C1CC1. The summed E-state index contributed by atoms with van der Waals surface area (Å²) >= 11 is 0. The Kier molecular flexibility index (Phi) is 5.81. The summed E-state index contributed by atoms with van der Waals surface area (Å²) in [5, 5.41) is 0. The molecule has 0 aliphatic heterocycles. The highest BCUT2D eigenvalue weighted by atomic mass is 16.2. The number of carbonyl (C=O) groups excluding carboxylic acids is 1. The molecule has 0 heterocycles. The summed E-state index contributed by atoms with van der Waals surface area (Å²) in [5.74, 6) is 0.185. The molecule has 1 atom stereocenters. The van der Waals surface area contributed by atoms with Crippen LogP contribution in [-0.4, -0.2) is 29.4 Å². The van der Waals surface area contributed by atoms with Crippen molar-refractivity contribution in [2.45, 2.75) is 70.9 Å². The van der Waals surface area contributed by atoms with Crippen LogP contribution >= 0.6 is 0 Å². The fourth-order valence-electron chi connectivity index (χ4n) is 1.95. The van der Waals surface area contributed by atoms with E-state index in [-0.39, 0.29) is 11.9 Å². The second-order valence-corrected chi connectivity index (χ2v) is 4.87. The first-order chi connectivity index (χ1) is 7.70. The summed E-state index contributed by atoms with van der Waals surface area (Å²) in [5.41, 5.74) is 5.95. The van der Waals surface area contributed by atoms with Crippen molar-refractivity contribution in [2.75, 3.05) is 6.54 Å². The fourth-order valence-corrected chi connectivity index (χ4v) is 1.95. The van der Waals surface area contributed by atoms with Crippen molar-refractivity contribution in [3.05, 3.63) is 0 Å². The largest absolute Gasteiger partial charge is 0.338 e. The normalized spacial score (nSPS) is 17.2. The van der Waals surface area contributed by atoms with Crippen molar-refractivity contribution >= 4 is 5.91 Å². The van der Waals surface area contributed by atoms with E-state index < -0.39 is 0 Å². The highest BCUT2D eigenvalue weighted by molar-refractivity contribution is 5.82. The molecular weight excluding hydrogens is 200 g/mol. The van der Waals surface area contributed by atoms with Gasteiger partial charge < -0.3 is 10.6 Å². The molecule has 0 aromatic heterocycles. The van der Waals surface area contributed by atoms with Crippen molar-refractivity contribution in [3.63, 3.8) is 0 Å². The van der Waals surface area contributed by atoms with Gasteiger partial charge in [0, 0.05) is 12.6 Å². The van der Waals surface area contributed by atoms with Gasteiger partial charge in [0.15, 0.2) is 0 Å². The zero-order valence-electron chi connectivity index (χ0n) is 10.7. The number of unbranched alkanes of at least 4 members (excludes halogenated alkanes) is 2. The van der Waals surface area contributed by atoms with E-state index in [2.05, 4.69) is 13.8 Å². The van der Waals surface area contributed by atoms with E-state index in [1.54, 1.807) is 0 Å². The molecule has 0 aromatic carbocycles. The highest BCUT2D eigenvalue weighted by Gasteiger charge is 2.33. The third-order valence-electron chi connectivity index (χ3n) is 3.21. The lowest BCUT2D eigenvalue weighted by atomic mass is 10.1. The topological polar surface area (TPSA) is 46.3 Å². The Bertz CT molecular complexity index is 214. The molecule has 3 heteroatoms. The van der Waals surface area contributed by atoms with Crippen LogP contribution in [0.25, 0.3) is 0 Å². The van der Waals surface area contributed by atoms with Crippen LogP contribution in [0, 0.1) is 0 Å². The molecule has 0 radical (unpaired) electrons. The maximum Gasteiger partial charge on any atom is 0.239 e. The molecule has 2 N–H and O–H groups in total. The van der Waals surface area contributed by atoms with Gasteiger partial charge in [-0.2, -0.15) is 0 Å². The quantitative estimate of drug-likeness (QED) is 0.690. The van der Waals surface area contributed by atoms with E-state index in [0.717, 1.165) is 38.6 Å². The molecule has 0 aromatic rings. The van der Waals surface area contributed by atoms with Gasteiger partial charge in [0.2, 0.25) is 5.91 Å². The van der Waals surface area contributed by atoms with E-state index in [1.807, 2.05) is 4.90 Å². The molecule has 3 nitrogen and oxygen atoms in total. The minimum atomic E-state index is -0.266. The summed E-state index contributed by atoms with van der Waals surface area (Å²) < 4.78 is 0. The molecule has 0 spiro atoms. The summed E-state index contributed by atoms with van der Waals surface area (Å²) in [6, 6.07) is 0.240. The zero-order valence-corrected chi connectivity index (χ0v) is 10.7. The summed E-state index contributed by atoms with van der Waals surface area (Å²) in [6.07, 6.45) is 7.60. The Morgan fingerprint density at radius 1 is 1.31 bits per heavy atom. The van der Waals surface area contributed by atoms with Gasteiger partial charge in [-0.25, -0.2) is 0 Å². The van der Waals surface area contributed by atoms with E-state index in [9.17, 15) is 4.79 Å². The van der Waals surface area contributed by atoms with E-state index >= 15 is 0 Å². The Morgan fingerprint density at radius 2 is 1.94 bits per heavy atom. The smallest absolute Gasteiger partial charge is 0.239 e. The van der Waals surface area contributed by atoms with E-state index in [0.29, 0.717) is 6.04 Å². The standard InChI is InChI=1S/C13H26N2O/c1-3-5-7-12(14)13(16)15(10-6-4-2)11-8-9-11/h11-12H,3-10,14H2,1-2H3. The van der Waals surface area contributed by atoms with Crippen LogP contribution in [0.4, 0.5) is 0 Å². The van der Waals surface area contributed by atoms with Crippen molar-refractivity contribution < 1.29 is 4.79 Å². The second-order valence-electron chi connectivity index (χ2n) is 4.87. The van der Waals surface area contributed by atoms with E-state index in [1.165, 1.54) is 12.8 Å². The van der Waals surface area contributed by atoms with Crippen LogP contribution in [0.2, 0.25) is 0 Å². The summed E-state index contributed by atoms with van der Waals surface area (Å²) in [7, 11) is 0. The average Bonchev–Trinajstić information content (AvgIpc) is 3.10. The van der Waals surface area contributed by atoms with Crippen LogP contribution in [0.5, 0.6) is 0 Å². The first kappa shape index (κ1) is 13.5. The third-order valence-corrected chi connectivity index (χ3v) is 3.21. The van der Waals surface area contributed by atoms with E-state index in [4.69, 9.17) is 5.73 Å². The number of nitrogens with two attached hydrogens (primary N) is 1. The molecule has 94 valence electrons. The Labute approximate surface area is 99.4 Å². The van der Waals surface area contributed by atoms with Gasteiger partial charge in [0.1, 0.15) is 0 Å². The molecule has 1 rings (SSSR count). The molecule has 0 bridgehead atoms. The Balaban J connectivity index is 2.39. The van der Waals surface area contributed by atoms with Crippen LogP contribution in [0.3, 0.4) is 0 Å². The predicted molar refractivity (Wildman–Crippen MR) is 67.1 cm³/mol. The Morgan fingerprint density at radius 3 is 2.44 bits per heavy atom. The molecule has 16 heavy (non-hydrogen) atoms. The second kappa shape index (κ2) is 6.89. The maximum absolute atomic E-state index is 12.1. The molecule has 0 saturated heterocycles. The van der Waals surface area contributed by atoms with Crippen LogP contribution < -0.4 is 5.73 Å². The first-order valence-electron chi connectivity index (χ1n) is 6.76. The van der Waals surface area contributed by atoms with Gasteiger partial charge in [-0.15, -0.1) is 0 Å². The molecule has 1 aliphatic rings. The van der Waals surface area contributed by atoms with Crippen LogP contribution in [0.1, 0.15) is 58.8 Å². The first-order valence-corrected chi connectivity index (χ1v) is 6.76. The van der Waals surface area contributed by atoms with Gasteiger partial charge in [-0.05, 0) is 25.7 Å². The number of amides is 1. The lowest BCUT2D eigenvalue weighted by molar-refractivity contribution is -0.133. The lowest BCUT2D eigenvalue weighted by Gasteiger charge is -2.25. The van der Waals surface area contributed by atoms with Crippen molar-refractivity contribution in [1.82, 2.24) is 4.90 Å². The molecule has 1 saturated carbocycles. The monoisotopic (exact) mass is 226 g/mol. The maximum atomic E-state index is 12.1. The third kappa shape index (κ3) is 4.12. The minimum absolute atomic E-state index is 0.185. The number of hydrogen-bond donors (Lipinski definition) is 1. The van der Waals surface area contributed by atoms with Crippen molar-refractivity contribution in [3.8, 4) is 0 Å². The fraction of sp³-hybridized carbons (Fsp3) is 0.923. The van der Waals surface area contributed by atoms with Gasteiger partial charge in [-0.3, -0.25) is 4.79 Å². The number of hydrogen-bond acceptors (Lipinski definition) is 2. The van der Waals surface area contributed by atoms with Crippen LogP contribution in [-0.2, 0) is 4.79 Å². The van der Waals surface area contributed by atoms with Crippen LogP contribution in [0.15, 0.2) is 0 Å². The molecule has 1 fully saturated rings.